The molecule has 2 aromatic heterocycles. The molecule has 3 rings (SSSR count). The van der Waals surface area contributed by atoms with Crippen molar-refractivity contribution in [3.05, 3.63) is 40.5 Å². The van der Waals surface area contributed by atoms with Gasteiger partial charge in [-0.25, -0.2) is 9.97 Å². The summed E-state index contributed by atoms with van der Waals surface area (Å²) in [5.41, 5.74) is 2.17. The first kappa shape index (κ1) is 17.1. The largest absolute Gasteiger partial charge is 0.394 e. The van der Waals surface area contributed by atoms with Gasteiger partial charge in [-0.05, 0) is 24.6 Å². The zero-order valence-electron chi connectivity index (χ0n) is 13.3. The number of rotatable bonds is 7. The van der Waals surface area contributed by atoms with Gasteiger partial charge >= 0.3 is 0 Å². The number of fused-ring (bicyclic) bond motifs is 1. The van der Waals surface area contributed by atoms with E-state index < -0.39 is 0 Å². The van der Waals surface area contributed by atoms with E-state index in [4.69, 9.17) is 21.4 Å². The summed E-state index contributed by atoms with van der Waals surface area (Å²) in [5, 5.41) is 15.9. The molecule has 0 bridgehead atoms. The van der Waals surface area contributed by atoms with Crippen molar-refractivity contribution < 1.29 is 9.84 Å². The predicted octanol–water partition coefficient (Wildman–Crippen LogP) is 3.74. The van der Waals surface area contributed by atoms with Crippen molar-refractivity contribution in [3.8, 4) is 11.1 Å². The van der Waals surface area contributed by atoms with Crippen LogP contribution in [0.4, 0.5) is 5.82 Å². The highest BCUT2D eigenvalue weighted by atomic mass is 35.5. The van der Waals surface area contributed by atoms with Gasteiger partial charge in [0.1, 0.15) is 16.5 Å². The van der Waals surface area contributed by atoms with Gasteiger partial charge in [0, 0.05) is 22.5 Å². The zero-order chi connectivity index (χ0) is 16.9. The smallest absolute Gasteiger partial charge is 0.139 e. The molecule has 0 aliphatic heterocycles. The number of anilines is 1. The summed E-state index contributed by atoms with van der Waals surface area (Å²) in [6, 6.07) is 7.76. The Bertz CT molecular complexity index is 821. The monoisotopic (exact) mass is 363 g/mol. The second-order valence-corrected chi connectivity index (χ2v) is 6.51. The number of benzene rings is 1. The van der Waals surface area contributed by atoms with E-state index in [1.807, 2.05) is 31.2 Å². The molecule has 0 fully saturated rings. The number of hydrogen-bond donors (Lipinski definition) is 2. The summed E-state index contributed by atoms with van der Waals surface area (Å²) in [6.07, 6.45) is 0. The van der Waals surface area contributed by atoms with Gasteiger partial charge in [-0.1, -0.05) is 23.7 Å². The van der Waals surface area contributed by atoms with E-state index in [9.17, 15) is 0 Å². The van der Waals surface area contributed by atoms with E-state index in [2.05, 4.69) is 20.7 Å². The number of nitrogens with zero attached hydrogens (tertiary/aromatic N) is 2. The van der Waals surface area contributed by atoms with Crippen molar-refractivity contribution in [2.24, 2.45) is 0 Å². The molecule has 2 N–H and O–H groups in total. The van der Waals surface area contributed by atoms with Crippen LogP contribution < -0.4 is 5.32 Å². The number of aromatic nitrogens is 2. The molecule has 5 nitrogen and oxygen atoms in total. The van der Waals surface area contributed by atoms with Crippen molar-refractivity contribution >= 4 is 39.0 Å². The first-order chi connectivity index (χ1) is 11.7. The maximum Gasteiger partial charge on any atom is 0.139 e. The van der Waals surface area contributed by atoms with E-state index in [-0.39, 0.29) is 6.61 Å². The molecule has 3 aromatic rings. The predicted molar refractivity (Wildman–Crippen MR) is 99.0 cm³/mol. The minimum atomic E-state index is 0.0299. The van der Waals surface area contributed by atoms with Gasteiger partial charge in [-0.15, -0.1) is 11.3 Å². The molecule has 0 radical (unpaired) electrons. The molecule has 0 spiro atoms. The first-order valence-electron chi connectivity index (χ1n) is 7.63. The lowest BCUT2D eigenvalue weighted by Crippen LogP contribution is -2.12. The number of aliphatic hydroxyl groups excluding tert-OH is 1. The number of aliphatic hydroxyl groups is 1. The van der Waals surface area contributed by atoms with Gasteiger partial charge in [0.15, 0.2) is 0 Å². The fourth-order valence-electron chi connectivity index (χ4n) is 2.43. The van der Waals surface area contributed by atoms with Crippen molar-refractivity contribution in [2.75, 3.05) is 31.7 Å². The molecule has 0 saturated heterocycles. The lowest BCUT2D eigenvalue weighted by molar-refractivity contribution is 0.0992. The minimum absolute atomic E-state index is 0.0299. The normalized spacial score (nSPS) is 11.1. The van der Waals surface area contributed by atoms with E-state index in [0.717, 1.165) is 33.0 Å². The summed E-state index contributed by atoms with van der Waals surface area (Å²) < 4.78 is 5.29. The Morgan fingerprint density at radius 1 is 1.21 bits per heavy atom. The Labute approximate surface area is 149 Å². The van der Waals surface area contributed by atoms with Gasteiger partial charge in [0.2, 0.25) is 0 Å². The lowest BCUT2D eigenvalue weighted by atomic mass is 10.1. The Kier molecular flexibility index (Phi) is 5.63. The summed E-state index contributed by atoms with van der Waals surface area (Å²) in [6.45, 7) is 3.37. The molecule has 0 atom stereocenters. The van der Waals surface area contributed by atoms with Crippen LogP contribution in [0.2, 0.25) is 5.02 Å². The standard InChI is InChI=1S/C17H18ClN3O2S/c1-11-20-16(19-6-8-23-9-7-22)15-14(10-24-17(15)21-11)12-2-4-13(18)5-3-12/h2-5,10,22H,6-9H2,1H3,(H,19,20,21). The quantitative estimate of drug-likeness (QED) is 0.626. The van der Waals surface area contributed by atoms with Crippen LogP contribution >= 0.6 is 22.9 Å². The number of halogens is 1. The molecule has 7 heteroatoms. The van der Waals surface area contributed by atoms with Crippen LogP contribution in [0.1, 0.15) is 5.82 Å². The Balaban J connectivity index is 1.92. The van der Waals surface area contributed by atoms with Crippen molar-refractivity contribution in [2.45, 2.75) is 6.92 Å². The van der Waals surface area contributed by atoms with Gasteiger partial charge < -0.3 is 15.2 Å². The highest BCUT2D eigenvalue weighted by Crippen LogP contribution is 2.37. The van der Waals surface area contributed by atoms with Crippen LogP contribution in [0.3, 0.4) is 0 Å². The molecule has 0 amide bonds. The summed E-state index contributed by atoms with van der Waals surface area (Å²) >= 11 is 7.59. The molecule has 2 heterocycles. The molecular weight excluding hydrogens is 346 g/mol. The van der Waals surface area contributed by atoms with E-state index >= 15 is 0 Å². The lowest BCUT2D eigenvalue weighted by Gasteiger charge is -2.10. The third-order valence-corrected chi connectivity index (χ3v) is 4.60. The third-order valence-electron chi connectivity index (χ3n) is 3.48. The fraction of sp³-hybridized carbons (Fsp3) is 0.294. The van der Waals surface area contributed by atoms with Gasteiger partial charge in [0.05, 0.1) is 25.2 Å². The molecule has 126 valence electrons. The molecule has 0 aliphatic rings. The summed E-state index contributed by atoms with van der Waals surface area (Å²) in [5.74, 6) is 1.53. The number of ether oxygens (including phenoxy) is 1. The van der Waals surface area contributed by atoms with E-state index in [0.29, 0.717) is 24.8 Å². The molecule has 0 aliphatic carbocycles. The Morgan fingerprint density at radius 3 is 2.75 bits per heavy atom. The van der Waals surface area contributed by atoms with Gasteiger partial charge in [0.25, 0.3) is 0 Å². The van der Waals surface area contributed by atoms with Crippen molar-refractivity contribution in [1.29, 1.82) is 0 Å². The van der Waals surface area contributed by atoms with Crippen LogP contribution in [0, 0.1) is 6.92 Å². The topological polar surface area (TPSA) is 67.3 Å². The van der Waals surface area contributed by atoms with Crippen LogP contribution in [0.25, 0.3) is 21.3 Å². The fourth-order valence-corrected chi connectivity index (χ4v) is 3.55. The SMILES string of the molecule is Cc1nc(NCCOCCO)c2c(-c3ccc(Cl)cc3)csc2n1. The van der Waals surface area contributed by atoms with Gasteiger partial charge in [-0.2, -0.15) is 0 Å². The second-order valence-electron chi connectivity index (χ2n) is 5.22. The highest BCUT2D eigenvalue weighted by molar-refractivity contribution is 7.17. The first-order valence-corrected chi connectivity index (χ1v) is 8.89. The number of nitrogens with one attached hydrogen (secondary N) is 1. The molecule has 0 unspecified atom stereocenters. The highest BCUT2D eigenvalue weighted by Gasteiger charge is 2.14. The van der Waals surface area contributed by atoms with Crippen LogP contribution in [-0.4, -0.2) is 41.4 Å². The average Bonchev–Trinajstić information content (AvgIpc) is 2.99. The number of aryl methyl sites for hydroxylation is 1. The maximum atomic E-state index is 8.74. The molecule has 1 aromatic carbocycles. The van der Waals surface area contributed by atoms with Crippen molar-refractivity contribution in [3.63, 3.8) is 0 Å². The van der Waals surface area contributed by atoms with Crippen molar-refractivity contribution in [1.82, 2.24) is 9.97 Å². The molecular formula is C17H18ClN3O2S. The number of hydrogen-bond acceptors (Lipinski definition) is 6. The molecule has 0 saturated carbocycles. The summed E-state index contributed by atoms with van der Waals surface area (Å²) in [7, 11) is 0. The molecule has 24 heavy (non-hydrogen) atoms. The van der Waals surface area contributed by atoms with E-state index in [1.54, 1.807) is 11.3 Å². The maximum absolute atomic E-state index is 8.74. The van der Waals surface area contributed by atoms with Crippen LogP contribution in [0.5, 0.6) is 0 Å². The van der Waals surface area contributed by atoms with Gasteiger partial charge in [-0.3, -0.25) is 0 Å². The van der Waals surface area contributed by atoms with Crippen LogP contribution in [-0.2, 0) is 4.74 Å². The zero-order valence-corrected chi connectivity index (χ0v) is 14.8. The second kappa shape index (κ2) is 7.90. The van der Waals surface area contributed by atoms with E-state index in [1.165, 1.54) is 0 Å². The Morgan fingerprint density at radius 2 is 2.00 bits per heavy atom. The summed E-state index contributed by atoms with van der Waals surface area (Å²) in [4.78, 5) is 10.0. The number of thiophene rings is 1. The average molecular weight is 364 g/mol. The third kappa shape index (κ3) is 3.84. The minimum Gasteiger partial charge on any atom is -0.394 e. The van der Waals surface area contributed by atoms with Crippen LogP contribution in [0.15, 0.2) is 29.6 Å². The Hall–Kier alpha value is -1.73.